The van der Waals surface area contributed by atoms with Crippen LogP contribution >= 0.6 is 0 Å². The van der Waals surface area contributed by atoms with E-state index in [9.17, 15) is 4.79 Å². The summed E-state index contributed by atoms with van der Waals surface area (Å²) in [6.07, 6.45) is 1.60. The summed E-state index contributed by atoms with van der Waals surface area (Å²) in [6, 6.07) is 12.7. The van der Waals surface area contributed by atoms with Gasteiger partial charge in [0, 0.05) is 5.69 Å². The van der Waals surface area contributed by atoms with Gasteiger partial charge in [-0.2, -0.15) is 0 Å². The minimum atomic E-state index is -0.290. The Morgan fingerprint density at radius 2 is 1.87 bits per heavy atom. The highest BCUT2D eigenvalue weighted by molar-refractivity contribution is 5.89. The van der Waals surface area contributed by atoms with Crippen LogP contribution in [0.15, 0.2) is 52.4 Å². The highest BCUT2D eigenvalue weighted by Gasteiger charge is 2.14. The average molecular weight is 309 g/mol. The summed E-state index contributed by atoms with van der Waals surface area (Å²) in [5.74, 6) is -0.290. The lowest BCUT2D eigenvalue weighted by molar-refractivity contribution is 0.0499. The molecule has 0 fully saturated rings. The minimum Gasteiger partial charge on any atom is -0.462 e. The lowest BCUT2D eigenvalue weighted by atomic mass is 10.1. The molecule has 3 rings (SSSR count). The molecule has 0 amide bonds. The highest BCUT2D eigenvalue weighted by atomic mass is 16.5. The van der Waals surface area contributed by atoms with Gasteiger partial charge in [0.1, 0.15) is 0 Å². The second kappa shape index (κ2) is 6.60. The molecule has 2 aromatic rings. The smallest absolute Gasteiger partial charge is 0.338 e. The Morgan fingerprint density at radius 1 is 1.13 bits per heavy atom. The van der Waals surface area contributed by atoms with E-state index in [-0.39, 0.29) is 12.1 Å². The van der Waals surface area contributed by atoms with Crippen LogP contribution in [0, 0.1) is 0 Å². The Morgan fingerprint density at radius 3 is 2.61 bits per heavy atom. The summed E-state index contributed by atoms with van der Waals surface area (Å²) in [7, 11) is 0. The third-order valence-electron chi connectivity index (χ3n) is 3.70. The Kier molecular flexibility index (Phi) is 4.37. The standard InChI is InChI=1S/C18H19N3O2/c1-2-3-10-23-18(22)13-6-4-12(5-7-13)17-20-15-9-8-14(19)11-16(15)21-17/h4-9,11,17H,2-3,10,19H2,1H3/t17-/m1/s1. The number of hydrogen-bond donors (Lipinski definition) is 1. The van der Waals surface area contributed by atoms with Gasteiger partial charge in [0.2, 0.25) is 0 Å². The zero-order valence-corrected chi connectivity index (χ0v) is 13.0. The third-order valence-corrected chi connectivity index (χ3v) is 3.70. The normalized spacial score (nSPS) is 15.4. The second-order valence-electron chi connectivity index (χ2n) is 5.49. The number of ether oxygens (including phenoxy) is 1. The van der Waals surface area contributed by atoms with Crippen molar-refractivity contribution in [1.29, 1.82) is 0 Å². The van der Waals surface area contributed by atoms with Crippen molar-refractivity contribution in [2.75, 3.05) is 12.3 Å². The average Bonchev–Trinajstić information content (AvgIpc) is 2.98. The minimum absolute atomic E-state index is 0.281. The quantitative estimate of drug-likeness (QED) is 0.522. The number of anilines is 1. The number of rotatable bonds is 5. The lowest BCUT2D eigenvalue weighted by Gasteiger charge is -2.07. The Balaban J connectivity index is 1.75. The Bertz CT molecular complexity index is 828. The summed E-state index contributed by atoms with van der Waals surface area (Å²) in [5, 5.41) is 1.64. The number of nitrogens with zero attached hydrogens (tertiary/aromatic N) is 2. The van der Waals surface area contributed by atoms with Crippen LogP contribution in [-0.2, 0) is 4.74 Å². The SMILES string of the molecule is CCCCOC(=O)c1ccc([C@@H]2N=c3ccc(N)cc3=N2)cc1. The Labute approximate surface area is 134 Å². The molecule has 0 unspecified atom stereocenters. The molecule has 1 aliphatic rings. The molecule has 1 heterocycles. The van der Waals surface area contributed by atoms with Gasteiger partial charge in [-0.15, -0.1) is 0 Å². The molecule has 2 N–H and O–H groups in total. The van der Waals surface area contributed by atoms with Gasteiger partial charge in [0.05, 0.1) is 22.9 Å². The number of nitrogen functional groups attached to an aromatic ring is 1. The van der Waals surface area contributed by atoms with E-state index < -0.39 is 0 Å². The van der Waals surface area contributed by atoms with Crippen LogP contribution in [0.5, 0.6) is 0 Å². The van der Waals surface area contributed by atoms with E-state index >= 15 is 0 Å². The molecule has 0 aliphatic carbocycles. The number of hydrogen-bond acceptors (Lipinski definition) is 5. The number of carbonyl (C=O) groups excluding carboxylic acids is 1. The van der Waals surface area contributed by atoms with Gasteiger partial charge in [0.15, 0.2) is 6.17 Å². The second-order valence-corrected chi connectivity index (χ2v) is 5.49. The van der Waals surface area contributed by atoms with Crippen molar-refractivity contribution in [1.82, 2.24) is 0 Å². The van der Waals surface area contributed by atoms with Gasteiger partial charge < -0.3 is 10.5 Å². The van der Waals surface area contributed by atoms with E-state index in [1.807, 2.05) is 30.3 Å². The van der Waals surface area contributed by atoms with E-state index in [4.69, 9.17) is 10.5 Å². The molecule has 5 heteroatoms. The number of unbranched alkanes of at least 4 members (excludes halogenated alkanes) is 1. The van der Waals surface area contributed by atoms with Gasteiger partial charge in [-0.25, -0.2) is 4.79 Å². The molecule has 23 heavy (non-hydrogen) atoms. The summed E-state index contributed by atoms with van der Waals surface area (Å²) >= 11 is 0. The number of carbonyl (C=O) groups is 1. The van der Waals surface area contributed by atoms with Crippen molar-refractivity contribution >= 4 is 11.7 Å². The number of nitrogens with two attached hydrogens (primary N) is 1. The molecule has 1 aliphatic heterocycles. The first-order valence-corrected chi connectivity index (χ1v) is 7.75. The molecule has 118 valence electrons. The molecular formula is C18H19N3O2. The van der Waals surface area contributed by atoms with Crippen LogP contribution in [0.25, 0.3) is 0 Å². The number of esters is 1. The first-order chi connectivity index (χ1) is 11.2. The maximum absolute atomic E-state index is 11.9. The predicted molar refractivity (Wildman–Crippen MR) is 87.5 cm³/mol. The van der Waals surface area contributed by atoms with E-state index in [0.717, 1.165) is 29.1 Å². The molecule has 2 aromatic carbocycles. The maximum Gasteiger partial charge on any atom is 0.338 e. The summed E-state index contributed by atoms with van der Waals surface area (Å²) in [6.45, 7) is 2.52. The monoisotopic (exact) mass is 309 g/mol. The van der Waals surface area contributed by atoms with Crippen LogP contribution in [0.4, 0.5) is 5.69 Å². The van der Waals surface area contributed by atoms with E-state index in [2.05, 4.69) is 16.9 Å². The molecule has 0 saturated carbocycles. The fourth-order valence-electron chi connectivity index (χ4n) is 2.38. The largest absolute Gasteiger partial charge is 0.462 e. The van der Waals surface area contributed by atoms with E-state index in [1.54, 1.807) is 12.1 Å². The fourth-order valence-corrected chi connectivity index (χ4v) is 2.38. The molecule has 0 saturated heterocycles. The molecular weight excluding hydrogens is 290 g/mol. The van der Waals surface area contributed by atoms with Gasteiger partial charge in [-0.3, -0.25) is 9.98 Å². The third kappa shape index (κ3) is 3.39. The van der Waals surface area contributed by atoms with Crippen molar-refractivity contribution in [2.45, 2.75) is 25.9 Å². The lowest BCUT2D eigenvalue weighted by Crippen LogP contribution is -2.21. The van der Waals surface area contributed by atoms with Crippen LogP contribution in [0.3, 0.4) is 0 Å². The highest BCUT2D eigenvalue weighted by Crippen LogP contribution is 2.20. The van der Waals surface area contributed by atoms with Crippen LogP contribution < -0.4 is 16.4 Å². The molecule has 0 aromatic heterocycles. The van der Waals surface area contributed by atoms with Gasteiger partial charge in [-0.05, 0) is 42.3 Å². The topological polar surface area (TPSA) is 77.0 Å². The summed E-state index contributed by atoms with van der Waals surface area (Å²) < 4.78 is 5.20. The zero-order chi connectivity index (χ0) is 16.2. The van der Waals surface area contributed by atoms with Crippen LogP contribution in [0.2, 0.25) is 0 Å². The molecule has 5 nitrogen and oxygen atoms in total. The Hall–Kier alpha value is -2.69. The van der Waals surface area contributed by atoms with Crippen molar-refractivity contribution in [3.63, 3.8) is 0 Å². The van der Waals surface area contributed by atoms with Crippen molar-refractivity contribution in [2.24, 2.45) is 9.98 Å². The first-order valence-electron chi connectivity index (χ1n) is 7.75. The summed E-state index contributed by atoms with van der Waals surface area (Å²) in [5.41, 5.74) is 7.92. The van der Waals surface area contributed by atoms with Gasteiger partial charge in [0.25, 0.3) is 0 Å². The molecule has 0 bridgehead atoms. The fraction of sp³-hybridized carbons (Fsp3) is 0.278. The van der Waals surface area contributed by atoms with Gasteiger partial charge in [-0.1, -0.05) is 25.5 Å². The van der Waals surface area contributed by atoms with Crippen molar-refractivity contribution in [3.05, 3.63) is 64.3 Å². The first kappa shape index (κ1) is 15.2. The summed E-state index contributed by atoms with van der Waals surface area (Å²) in [4.78, 5) is 21.0. The van der Waals surface area contributed by atoms with Gasteiger partial charge >= 0.3 is 5.97 Å². The van der Waals surface area contributed by atoms with Crippen molar-refractivity contribution in [3.8, 4) is 0 Å². The van der Waals surface area contributed by atoms with Crippen LogP contribution in [-0.4, -0.2) is 12.6 Å². The molecule has 1 atom stereocenters. The van der Waals surface area contributed by atoms with E-state index in [1.165, 1.54) is 0 Å². The molecule has 0 spiro atoms. The van der Waals surface area contributed by atoms with Crippen LogP contribution in [0.1, 0.15) is 41.9 Å². The maximum atomic E-state index is 11.9. The van der Waals surface area contributed by atoms with E-state index in [0.29, 0.717) is 17.9 Å². The predicted octanol–water partition coefficient (Wildman–Crippen LogP) is 2.18. The number of fused-ring (bicyclic) bond motifs is 1. The number of benzene rings is 2. The molecule has 0 radical (unpaired) electrons. The zero-order valence-electron chi connectivity index (χ0n) is 13.0. The van der Waals surface area contributed by atoms with Crippen molar-refractivity contribution < 1.29 is 9.53 Å².